The lowest BCUT2D eigenvalue weighted by molar-refractivity contribution is 0.151. The van der Waals surface area contributed by atoms with E-state index in [1.165, 1.54) is 0 Å². The predicted octanol–water partition coefficient (Wildman–Crippen LogP) is 2.74. The van der Waals surface area contributed by atoms with Crippen molar-refractivity contribution in [2.45, 2.75) is 45.3 Å². The normalized spacial score (nSPS) is 13.0. The molecule has 0 fully saturated rings. The Morgan fingerprint density at radius 3 is 2.48 bits per heavy atom. The molecular formula is C22H30N8O. The number of nitrogens with zero attached hydrogens (tertiary/aromatic N) is 8. The van der Waals surface area contributed by atoms with Crippen molar-refractivity contribution in [2.24, 2.45) is 0 Å². The second-order valence-electron chi connectivity index (χ2n) is 8.07. The molecule has 0 aliphatic heterocycles. The smallest absolute Gasteiger partial charge is 0.0999 e. The van der Waals surface area contributed by atoms with Crippen molar-refractivity contribution in [3.05, 3.63) is 43.2 Å². The van der Waals surface area contributed by atoms with Crippen molar-refractivity contribution in [1.82, 2.24) is 39.1 Å². The van der Waals surface area contributed by atoms with Crippen LogP contribution in [0.15, 0.2) is 43.2 Å². The average Bonchev–Trinajstić information content (AvgIpc) is 3.52. The number of aromatic nitrogens is 7. The highest BCUT2D eigenvalue weighted by Gasteiger charge is 2.16. The molecular weight excluding hydrogens is 392 g/mol. The Labute approximate surface area is 181 Å². The summed E-state index contributed by atoms with van der Waals surface area (Å²) in [4.78, 5) is 6.95. The zero-order valence-electron chi connectivity index (χ0n) is 18.5. The van der Waals surface area contributed by atoms with Crippen LogP contribution < -0.4 is 0 Å². The Morgan fingerprint density at radius 2 is 1.77 bits per heavy atom. The molecule has 4 rings (SSSR count). The van der Waals surface area contributed by atoms with Crippen LogP contribution in [0.3, 0.4) is 0 Å². The number of aliphatic hydroxyl groups excluding tert-OH is 1. The van der Waals surface area contributed by atoms with Gasteiger partial charge in [0.2, 0.25) is 0 Å². The molecule has 0 saturated heterocycles. The van der Waals surface area contributed by atoms with Gasteiger partial charge in [-0.2, -0.15) is 15.3 Å². The monoisotopic (exact) mass is 422 g/mol. The molecule has 0 aliphatic carbocycles. The van der Waals surface area contributed by atoms with Gasteiger partial charge in [-0.15, -0.1) is 0 Å². The minimum atomic E-state index is 0.000724. The standard InChI is InChI=1S/C22H30N8O/c1-5-18(6-2)29-12-17(10-25-29)22-21-7-8-23-30(21)14-20(26-22)16-9-24-28(11-16)13-19(15-31)27(3)4/h7-12,14,18-19,31H,5-6,13,15H2,1-4H3/t19-/m1/s1. The fourth-order valence-corrected chi connectivity index (χ4v) is 3.80. The zero-order valence-corrected chi connectivity index (χ0v) is 18.5. The number of hydrogen-bond acceptors (Lipinski definition) is 6. The van der Waals surface area contributed by atoms with E-state index >= 15 is 0 Å². The van der Waals surface area contributed by atoms with Gasteiger partial charge in [-0.1, -0.05) is 13.8 Å². The van der Waals surface area contributed by atoms with Crippen molar-refractivity contribution < 1.29 is 5.11 Å². The second kappa shape index (κ2) is 8.99. The van der Waals surface area contributed by atoms with Gasteiger partial charge < -0.3 is 10.0 Å². The Kier molecular flexibility index (Phi) is 6.15. The first-order valence-corrected chi connectivity index (χ1v) is 10.7. The summed E-state index contributed by atoms with van der Waals surface area (Å²) in [7, 11) is 3.90. The van der Waals surface area contributed by atoms with E-state index in [-0.39, 0.29) is 12.6 Å². The summed E-state index contributed by atoms with van der Waals surface area (Å²) in [6.07, 6.45) is 13.5. The van der Waals surface area contributed by atoms with Crippen LogP contribution in [0.2, 0.25) is 0 Å². The summed E-state index contributed by atoms with van der Waals surface area (Å²) < 4.78 is 5.72. The molecule has 0 saturated carbocycles. The van der Waals surface area contributed by atoms with E-state index in [4.69, 9.17) is 4.98 Å². The lowest BCUT2D eigenvalue weighted by Crippen LogP contribution is -2.35. The Hall–Kier alpha value is -3.04. The summed E-state index contributed by atoms with van der Waals surface area (Å²) in [5, 5.41) is 23.1. The maximum absolute atomic E-state index is 9.60. The van der Waals surface area contributed by atoms with Crippen LogP contribution in [-0.2, 0) is 6.54 Å². The van der Waals surface area contributed by atoms with Gasteiger partial charge in [-0.05, 0) is 33.0 Å². The molecule has 0 bridgehead atoms. The topological polar surface area (TPSA) is 89.3 Å². The maximum atomic E-state index is 9.60. The van der Waals surface area contributed by atoms with Gasteiger partial charge in [0.05, 0.1) is 66.9 Å². The molecule has 4 aromatic heterocycles. The van der Waals surface area contributed by atoms with E-state index in [0.29, 0.717) is 12.6 Å². The number of hydrogen-bond donors (Lipinski definition) is 1. The van der Waals surface area contributed by atoms with Crippen LogP contribution in [0.25, 0.3) is 28.0 Å². The van der Waals surface area contributed by atoms with Crippen LogP contribution in [0.4, 0.5) is 0 Å². The molecule has 0 radical (unpaired) electrons. The molecule has 0 aliphatic rings. The summed E-state index contributed by atoms with van der Waals surface area (Å²) in [5.41, 5.74) is 4.45. The fraction of sp³-hybridized carbons (Fsp3) is 0.455. The quantitative estimate of drug-likeness (QED) is 0.446. The summed E-state index contributed by atoms with van der Waals surface area (Å²) in [6.45, 7) is 5.03. The highest BCUT2D eigenvalue weighted by Crippen LogP contribution is 2.28. The van der Waals surface area contributed by atoms with Gasteiger partial charge in [0.25, 0.3) is 0 Å². The molecule has 4 aromatic rings. The lowest BCUT2D eigenvalue weighted by atomic mass is 10.1. The van der Waals surface area contributed by atoms with Gasteiger partial charge in [0.1, 0.15) is 0 Å². The van der Waals surface area contributed by atoms with E-state index in [9.17, 15) is 5.11 Å². The van der Waals surface area contributed by atoms with Crippen molar-refractivity contribution in [3.8, 4) is 22.5 Å². The van der Waals surface area contributed by atoms with E-state index in [2.05, 4.69) is 35.3 Å². The van der Waals surface area contributed by atoms with Gasteiger partial charge in [0, 0.05) is 23.5 Å². The third-order valence-electron chi connectivity index (χ3n) is 5.85. The van der Waals surface area contributed by atoms with Crippen molar-refractivity contribution in [1.29, 1.82) is 0 Å². The third-order valence-corrected chi connectivity index (χ3v) is 5.85. The van der Waals surface area contributed by atoms with Crippen LogP contribution in [0.5, 0.6) is 0 Å². The van der Waals surface area contributed by atoms with Crippen molar-refractivity contribution in [2.75, 3.05) is 20.7 Å². The molecule has 0 unspecified atom stereocenters. The van der Waals surface area contributed by atoms with Crippen molar-refractivity contribution >= 4 is 5.52 Å². The molecule has 164 valence electrons. The molecule has 4 heterocycles. The first-order chi connectivity index (χ1) is 15.0. The molecule has 9 heteroatoms. The first kappa shape index (κ1) is 21.2. The van der Waals surface area contributed by atoms with Crippen LogP contribution >= 0.6 is 0 Å². The molecule has 1 N–H and O–H groups in total. The number of rotatable bonds is 9. The first-order valence-electron chi connectivity index (χ1n) is 10.7. The summed E-state index contributed by atoms with van der Waals surface area (Å²) in [5.74, 6) is 0. The van der Waals surface area contributed by atoms with Crippen molar-refractivity contribution in [3.63, 3.8) is 0 Å². The molecule has 0 amide bonds. The largest absolute Gasteiger partial charge is 0.395 e. The predicted molar refractivity (Wildman–Crippen MR) is 120 cm³/mol. The SMILES string of the molecule is CCC(CC)n1cc(-c2nc(-c3cnn(C[C@H](CO)N(C)C)c3)cn3nccc23)cn1. The Morgan fingerprint density at radius 1 is 1.00 bits per heavy atom. The molecule has 1 atom stereocenters. The lowest BCUT2D eigenvalue weighted by Gasteiger charge is -2.21. The maximum Gasteiger partial charge on any atom is 0.0999 e. The van der Waals surface area contributed by atoms with E-state index < -0.39 is 0 Å². The van der Waals surface area contributed by atoms with Crippen LogP contribution in [-0.4, -0.2) is 70.9 Å². The minimum absolute atomic E-state index is 0.000724. The second-order valence-corrected chi connectivity index (χ2v) is 8.07. The average molecular weight is 423 g/mol. The molecule has 9 nitrogen and oxygen atoms in total. The minimum Gasteiger partial charge on any atom is -0.395 e. The van der Waals surface area contributed by atoms with Crippen LogP contribution in [0, 0.1) is 0 Å². The highest BCUT2D eigenvalue weighted by molar-refractivity contribution is 5.78. The summed E-state index contributed by atoms with van der Waals surface area (Å²) >= 11 is 0. The molecule has 0 aromatic carbocycles. The van der Waals surface area contributed by atoms with Gasteiger partial charge >= 0.3 is 0 Å². The van der Waals surface area contributed by atoms with Crippen LogP contribution in [0.1, 0.15) is 32.7 Å². The Bertz CT molecular complexity index is 1140. The number of likely N-dealkylation sites (N-methyl/N-ethyl adjacent to an activating group) is 1. The van der Waals surface area contributed by atoms with E-state index in [1.54, 1.807) is 12.4 Å². The van der Waals surface area contributed by atoms with E-state index in [1.807, 2.05) is 57.5 Å². The number of aliphatic hydroxyl groups is 1. The van der Waals surface area contributed by atoms with Gasteiger partial charge in [-0.25, -0.2) is 9.50 Å². The molecule has 31 heavy (non-hydrogen) atoms. The zero-order chi connectivity index (χ0) is 22.0. The van der Waals surface area contributed by atoms with Gasteiger partial charge in [-0.3, -0.25) is 9.36 Å². The molecule has 0 spiro atoms. The highest BCUT2D eigenvalue weighted by atomic mass is 16.3. The summed E-state index contributed by atoms with van der Waals surface area (Å²) in [6, 6.07) is 2.35. The fourth-order valence-electron chi connectivity index (χ4n) is 3.80. The van der Waals surface area contributed by atoms with Gasteiger partial charge in [0.15, 0.2) is 0 Å². The van der Waals surface area contributed by atoms with E-state index in [0.717, 1.165) is 40.9 Å². The number of fused-ring (bicyclic) bond motifs is 1. The third kappa shape index (κ3) is 4.24. The Balaban J connectivity index is 1.70.